The number of para-hydroxylation sites is 1. The minimum atomic E-state index is -0.309. The molecule has 118 valence electrons. The minimum absolute atomic E-state index is 0.309. The number of rotatable bonds is 3. The molecule has 0 radical (unpaired) electrons. The molecule has 0 N–H and O–H groups in total. The predicted molar refractivity (Wildman–Crippen MR) is 96.3 cm³/mol. The van der Waals surface area contributed by atoms with Crippen LogP contribution in [0.3, 0.4) is 0 Å². The van der Waals surface area contributed by atoms with E-state index in [0.717, 1.165) is 22.8 Å². The number of methoxy groups -OCH3 is 1. The van der Waals surface area contributed by atoms with E-state index in [1.807, 2.05) is 36.4 Å². The van der Waals surface area contributed by atoms with Gasteiger partial charge in [-0.05, 0) is 29.8 Å². The molecule has 0 amide bonds. The van der Waals surface area contributed by atoms with Crippen molar-refractivity contribution in [3.63, 3.8) is 0 Å². The van der Waals surface area contributed by atoms with Gasteiger partial charge in [0.25, 0.3) is 0 Å². The molecule has 3 aromatic carbocycles. The molecule has 1 aromatic heterocycles. The molecule has 0 saturated heterocycles. The highest BCUT2D eigenvalue weighted by molar-refractivity contribution is 6.10. The summed E-state index contributed by atoms with van der Waals surface area (Å²) in [5.41, 5.74) is 4.11. The van der Waals surface area contributed by atoms with Gasteiger partial charge in [-0.1, -0.05) is 48.5 Å². The van der Waals surface area contributed by atoms with E-state index in [9.17, 15) is 4.79 Å². The molecule has 0 spiro atoms. The number of esters is 1. The summed E-state index contributed by atoms with van der Waals surface area (Å²) in [7, 11) is 1.41. The Balaban J connectivity index is 1.96. The van der Waals surface area contributed by atoms with Crippen LogP contribution in [0.4, 0.5) is 0 Å². The van der Waals surface area contributed by atoms with Gasteiger partial charge in [0, 0.05) is 28.4 Å². The van der Waals surface area contributed by atoms with Gasteiger partial charge in [0.2, 0.25) is 0 Å². The second-order valence-electron chi connectivity index (χ2n) is 5.81. The Kier molecular flexibility index (Phi) is 3.54. The van der Waals surface area contributed by atoms with Crippen LogP contribution >= 0.6 is 0 Å². The number of carbonyl (C=O) groups is 1. The van der Waals surface area contributed by atoms with Gasteiger partial charge < -0.3 is 9.30 Å². The summed E-state index contributed by atoms with van der Waals surface area (Å²) in [6.07, 6.45) is 0. The molecule has 0 aliphatic carbocycles. The second-order valence-corrected chi connectivity index (χ2v) is 5.81. The van der Waals surface area contributed by atoms with Crippen molar-refractivity contribution in [1.82, 2.24) is 4.57 Å². The summed E-state index contributed by atoms with van der Waals surface area (Å²) >= 11 is 0. The molecule has 0 bridgehead atoms. The molecule has 0 fully saturated rings. The SMILES string of the molecule is COC(=O)c1ccc2c(c1)c1ccccc1n2Cc1ccccc1. The highest BCUT2D eigenvalue weighted by Gasteiger charge is 2.13. The lowest BCUT2D eigenvalue weighted by atomic mass is 10.1. The molecular formula is C21H17NO2. The van der Waals surface area contributed by atoms with Crippen LogP contribution in [0, 0.1) is 0 Å². The Labute approximate surface area is 140 Å². The van der Waals surface area contributed by atoms with E-state index in [1.165, 1.54) is 18.2 Å². The molecule has 0 unspecified atom stereocenters. The minimum Gasteiger partial charge on any atom is -0.465 e. The van der Waals surface area contributed by atoms with Crippen LogP contribution in [0.15, 0.2) is 72.8 Å². The first-order valence-corrected chi connectivity index (χ1v) is 7.91. The first-order valence-electron chi connectivity index (χ1n) is 7.91. The molecule has 0 aliphatic rings. The Hall–Kier alpha value is -3.07. The maximum absolute atomic E-state index is 11.9. The van der Waals surface area contributed by atoms with E-state index >= 15 is 0 Å². The standard InChI is InChI=1S/C21H17NO2/c1-24-21(23)16-11-12-20-18(13-16)17-9-5-6-10-19(17)22(20)14-15-7-3-2-4-8-15/h2-13H,14H2,1H3. The maximum Gasteiger partial charge on any atom is 0.337 e. The van der Waals surface area contributed by atoms with Crippen molar-refractivity contribution < 1.29 is 9.53 Å². The van der Waals surface area contributed by atoms with Gasteiger partial charge in [0.15, 0.2) is 0 Å². The van der Waals surface area contributed by atoms with Crippen molar-refractivity contribution in [2.75, 3.05) is 7.11 Å². The van der Waals surface area contributed by atoms with Crippen molar-refractivity contribution in [3.05, 3.63) is 83.9 Å². The Morgan fingerprint density at radius 1 is 0.875 bits per heavy atom. The fraction of sp³-hybridized carbons (Fsp3) is 0.0952. The monoisotopic (exact) mass is 315 g/mol. The molecule has 1 heterocycles. The molecule has 24 heavy (non-hydrogen) atoms. The highest BCUT2D eigenvalue weighted by atomic mass is 16.5. The van der Waals surface area contributed by atoms with E-state index in [2.05, 4.69) is 41.0 Å². The lowest BCUT2D eigenvalue weighted by Gasteiger charge is -2.08. The Morgan fingerprint density at radius 2 is 1.58 bits per heavy atom. The topological polar surface area (TPSA) is 31.2 Å². The maximum atomic E-state index is 11.9. The first-order chi connectivity index (χ1) is 11.8. The zero-order valence-corrected chi connectivity index (χ0v) is 13.4. The summed E-state index contributed by atoms with van der Waals surface area (Å²) in [6.45, 7) is 0.794. The number of ether oxygens (including phenoxy) is 1. The number of aromatic nitrogens is 1. The number of carbonyl (C=O) groups excluding carboxylic acids is 1. The van der Waals surface area contributed by atoms with Gasteiger partial charge in [-0.15, -0.1) is 0 Å². The van der Waals surface area contributed by atoms with Crippen molar-refractivity contribution in [2.24, 2.45) is 0 Å². The van der Waals surface area contributed by atoms with E-state index in [-0.39, 0.29) is 5.97 Å². The van der Waals surface area contributed by atoms with E-state index in [0.29, 0.717) is 5.56 Å². The third-order valence-corrected chi connectivity index (χ3v) is 4.38. The smallest absolute Gasteiger partial charge is 0.337 e. The second kappa shape index (κ2) is 5.85. The molecule has 0 atom stereocenters. The number of benzene rings is 3. The summed E-state index contributed by atoms with van der Waals surface area (Å²) < 4.78 is 7.15. The van der Waals surface area contributed by atoms with Crippen molar-refractivity contribution in [2.45, 2.75) is 6.54 Å². The molecule has 4 aromatic rings. The van der Waals surface area contributed by atoms with E-state index < -0.39 is 0 Å². The van der Waals surface area contributed by atoms with Gasteiger partial charge in [-0.2, -0.15) is 0 Å². The zero-order valence-electron chi connectivity index (χ0n) is 13.4. The first kappa shape index (κ1) is 14.5. The highest BCUT2D eigenvalue weighted by Crippen LogP contribution is 2.30. The van der Waals surface area contributed by atoms with Crippen molar-refractivity contribution >= 4 is 27.8 Å². The summed E-state index contributed by atoms with van der Waals surface area (Å²) in [5, 5.41) is 2.22. The fourth-order valence-electron chi connectivity index (χ4n) is 3.23. The van der Waals surface area contributed by atoms with Crippen LogP contribution in [0.25, 0.3) is 21.8 Å². The number of hydrogen-bond acceptors (Lipinski definition) is 2. The third-order valence-electron chi connectivity index (χ3n) is 4.38. The van der Waals surface area contributed by atoms with Crippen molar-refractivity contribution in [1.29, 1.82) is 0 Å². The van der Waals surface area contributed by atoms with Gasteiger partial charge in [-0.25, -0.2) is 4.79 Å². The summed E-state index contributed by atoms with van der Waals surface area (Å²) in [6, 6.07) is 24.4. The van der Waals surface area contributed by atoms with Crippen LogP contribution in [-0.2, 0) is 11.3 Å². The van der Waals surface area contributed by atoms with E-state index in [4.69, 9.17) is 4.74 Å². The number of nitrogens with zero attached hydrogens (tertiary/aromatic N) is 1. The van der Waals surface area contributed by atoms with Crippen LogP contribution < -0.4 is 0 Å². The predicted octanol–water partition coefficient (Wildman–Crippen LogP) is 4.63. The van der Waals surface area contributed by atoms with Gasteiger partial charge in [-0.3, -0.25) is 0 Å². The summed E-state index contributed by atoms with van der Waals surface area (Å²) in [4.78, 5) is 11.9. The molecule has 0 saturated carbocycles. The van der Waals surface area contributed by atoms with Gasteiger partial charge >= 0.3 is 5.97 Å². The average Bonchev–Trinajstić information content (AvgIpc) is 2.95. The molecule has 3 heteroatoms. The normalized spacial score (nSPS) is 11.0. The molecule has 3 nitrogen and oxygen atoms in total. The molecule has 0 aliphatic heterocycles. The van der Waals surface area contributed by atoms with Crippen LogP contribution in [-0.4, -0.2) is 17.6 Å². The lowest BCUT2D eigenvalue weighted by Crippen LogP contribution is -2.01. The molecular weight excluding hydrogens is 298 g/mol. The van der Waals surface area contributed by atoms with E-state index in [1.54, 1.807) is 0 Å². The fourth-order valence-corrected chi connectivity index (χ4v) is 3.23. The van der Waals surface area contributed by atoms with Crippen LogP contribution in [0.1, 0.15) is 15.9 Å². The largest absolute Gasteiger partial charge is 0.465 e. The van der Waals surface area contributed by atoms with Crippen molar-refractivity contribution in [3.8, 4) is 0 Å². The molecule has 4 rings (SSSR count). The average molecular weight is 315 g/mol. The van der Waals surface area contributed by atoms with Gasteiger partial charge in [0.1, 0.15) is 0 Å². The quantitative estimate of drug-likeness (QED) is 0.516. The van der Waals surface area contributed by atoms with Crippen LogP contribution in [0.2, 0.25) is 0 Å². The Morgan fingerprint density at radius 3 is 2.38 bits per heavy atom. The van der Waals surface area contributed by atoms with Crippen LogP contribution in [0.5, 0.6) is 0 Å². The number of hydrogen-bond donors (Lipinski definition) is 0. The van der Waals surface area contributed by atoms with Gasteiger partial charge in [0.05, 0.1) is 12.7 Å². The Bertz CT molecular complexity index is 1030. The third kappa shape index (κ3) is 2.35. The summed E-state index contributed by atoms with van der Waals surface area (Å²) in [5.74, 6) is -0.309. The zero-order chi connectivity index (χ0) is 16.5. The lowest BCUT2D eigenvalue weighted by molar-refractivity contribution is 0.0601. The number of fused-ring (bicyclic) bond motifs is 3.